The molecule has 0 fully saturated rings. The molecule has 0 radical (unpaired) electrons. The van der Waals surface area contributed by atoms with Crippen molar-refractivity contribution in [2.75, 3.05) is 11.1 Å². The first-order chi connectivity index (χ1) is 15.9. The number of nitrogens with two attached hydrogens (primary N) is 1. The van der Waals surface area contributed by atoms with Crippen LogP contribution in [0.4, 0.5) is 5.00 Å². The number of aromatic hydroxyl groups is 1. The van der Waals surface area contributed by atoms with Crippen LogP contribution >= 0.6 is 23.1 Å². The van der Waals surface area contributed by atoms with Gasteiger partial charge in [-0.25, -0.2) is 0 Å². The molecule has 0 aliphatic rings. The van der Waals surface area contributed by atoms with Crippen LogP contribution in [0.5, 0.6) is 5.88 Å². The molecule has 4 aromatic rings. The lowest BCUT2D eigenvalue weighted by Gasteiger charge is -2.07. The van der Waals surface area contributed by atoms with Gasteiger partial charge in [0.1, 0.15) is 10.6 Å². The summed E-state index contributed by atoms with van der Waals surface area (Å²) in [6.07, 6.45) is 0. The number of nitrogens with one attached hydrogen (secondary N) is 2. The molecular formula is C23H18N4O4S2. The van der Waals surface area contributed by atoms with Gasteiger partial charge in [0, 0.05) is 4.88 Å². The number of primary amides is 1. The predicted octanol–water partition coefficient (Wildman–Crippen LogP) is 3.70. The number of hydrogen-bond donors (Lipinski definition) is 4. The van der Waals surface area contributed by atoms with Gasteiger partial charge in [0.25, 0.3) is 11.5 Å². The minimum Gasteiger partial charge on any atom is -0.493 e. The monoisotopic (exact) mass is 478 g/mol. The Morgan fingerprint density at radius 3 is 2.30 bits per heavy atom. The minimum atomic E-state index is -0.649. The number of benzene rings is 2. The van der Waals surface area contributed by atoms with Crippen molar-refractivity contribution < 1.29 is 14.7 Å². The lowest BCUT2D eigenvalue weighted by atomic mass is 10.1. The second-order valence-corrected chi connectivity index (χ2v) is 8.87. The average molecular weight is 479 g/mol. The van der Waals surface area contributed by atoms with Gasteiger partial charge in [-0.2, -0.15) is 4.98 Å². The Morgan fingerprint density at radius 1 is 1.06 bits per heavy atom. The van der Waals surface area contributed by atoms with Crippen LogP contribution in [0.15, 0.2) is 76.7 Å². The molecule has 2 heterocycles. The molecule has 0 atom stereocenters. The number of nitrogens with zero attached hydrogens (tertiary/aromatic N) is 1. The van der Waals surface area contributed by atoms with Crippen LogP contribution in [0.1, 0.15) is 10.4 Å². The topological polar surface area (TPSA) is 138 Å². The van der Waals surface area contributed by atoms with Crippen molar-refractivity contribution >= 4 is 39.9 Å². The maximum Gasteiger partial charge on any atom is 0.263 e. The molecule has 8 nitrogen and oxygen atoms in total. The molecule has 0 saturated heterocycles. The quantitative estimate of drug-likeness (QED) is 0.236. The van der Waals surface area contributed by atoms with Gasteiger partial charge in [-0.15, -0.1) is 11.3 Å². The molecule has 5 N–H and O–H groups in total. The Morgan fingerprint density at radius 2 is 1.70 bits per heavy atom. The average Bonchev–Trinajstić information content (AvgIpc) is 3.23. The highest BCUT2D eigenvalue weighted by Crippen LogP contribution is 2.35. The zero-order valence-corrected chi connectivity index (χ0v) is 18.7. The first-order valence-electron chi connectivity index (χ1n) is 9.73. The largest absolute Gasteiger partial charge is 0.493 e. The van der Waals surface area contributed by atoms with Crippen molar-refractivity contribution in [3.63, 3.8) is 0 Å². The van der Waals surface area contributed by atoms with Gasteiger partial charge < -0.3 is 21.1 Å². The summed E-state index contributed by atoms with van der Waals surface area (Å²) < 4.78 is 0. The predicted molar refractivity (Wildman–Crippen MR) is 130 cm³/mol. The molecule has 2 amide bonds. The number of rotatable bonds is 7. The zero-order chi connectivity index (χ0) is 23.4. The van der Waals surface area contributed by atoms with Crippen LogP contribution in [-0.2, 0) is 4.79 Å². The van der Waals surface area contributed by atoms with E-state index in [1.165, 1.54) is 11.3 Å². The van der Waals surface area contributed by atoms with E-state index in [-0.39, 0.29) is 22.0 Å². The van der Waals surface area contributed by atoms with Crippen LogP contribution in [0.3, 0.4) is 0 Å². The number of thiophene rings is 1. The zero-order valence-electron chi connectivity index (χ0n) is 17.1. The van der Waals surface area contributed by atoms with Gasteiger partial charge in [-0.1, -0.05) is 72.4 Å². The second-order valence-electron chi connectivity index (χ2n) is 6.86. The fraction of sp³-hybridized carbons (Fsp3) is 0.0435. The summed E-state index contributed by atoms with van der Waals surface area (Å²) in [4.78, 5) is 44.1. The molecule has 2 aromatic heterocycles. The van der Waals surface area contributed by atoms with E-state index in [4.69, 9.17) is 5.73 Å². The van der Waals surface area contributed by atoms with E-state index in [9.17, 15) is 19.5 Å². The Balaban J connectivity index is 1.47. The number of hydrogen-bond acceptors (Lipinski definition) is 7. The molecule has 2 aromatic carbocycles. The molecule has 0 aliphatic heterocycles. The Kier molecular flexibility index (Phi) is 6.57. The van der Waals surface area contributed by atoms with Gasteiger partial charge in [-0.3, -0.25) is 14.4 Å². The third kappa shape index (κ3) is 5.13. The molecule has 166 valence electrons. The fourth-order valence-electron chi connectivity index (χ4n) is 3.08. The fourth-order valence-corrected chi connectivity index (χ4v) is 4.82. The van der Waals surface area contributed by atoms with Crippen molar-refractivity contribution in [3.05, 3.63) is 82.6 Å². The Labute approximate surface area is 196 Å². The van der Waals surface area contributed by atoms with Crippen LogP contribution < -0.4 is 16.6 Å². The first-order valence-corrected chi connectivity index (χ1v) is 11.5. The van der Waals surface area contributed by atoms with Crippen molar-refractivity contribution in [1.29, 1.82) is 0 Å². The summed E-state index contributed by atoms with van der Waals surface area (Å²) in [5.41, 5.74) is 6.66. The highest BCUT2D eigenvalue weighted by atomic mass is 32.2. The number of amides is 2. The van der Waals surface area contributed by atoms with Gasteiger partial charge in [0.2, 0.25) is 11.8 Å². The smallest absolute Gasteiger partial charge is 0.263 e. The van der Waals surface area contributed by atoms with Crippen LogP contribution in [-0.4, -0.2) is 32.6 Å². The van der Waals surface area contributed by atoms with Crippen LogP contribution in [0.25, 0.3) is 21.6 Å². The van der Waals surface area contributed by atoms with Gasteiger partial charge in [0.15, 0.2) is 5.16 Å². The Bertz CT molecular complexity index is 1370. The maximum atomic E-state index is 12.5. The molecule has 0 bridgehead atoms. The summed E-state index contributed by atoms with van der Waals surface area (Å²) in [6, 6.07) is 19.7. The molecule has 10 heteroatoms. The summed E-state index contributed by atoms with van der Waals surface area (Å²) in [5, 5.41) is 13.4. The number of aromatic nitrogens is 2. The lowest BCUT2D eigenvalue weighted by Crippen LogP contribution is -2.18. The van der Waals surface area contributed by atoms with Gasteiger partial charge in [-0.05, 0) is 17.2 Å². The van der Waals surface area contributed by atoms with Crippen molar-refractivity contribution in [1.82, 2.24) is 9.97 Å². The molecular weight excluding hydrogens is 460 g/mol. The minimum absolute atomic E-state index is 0.0579. The molecule has 4 rings (SSSR count). The summed E-state index contributed by atoms with van der Waals surface area (Å²) in [7, 11) is 0. The highest BCUT2D eigenvalue weighted by Gasteiger charge is 2.18. The summed E-state index contributed by atoms with van der Waals surface area (Å²) >= 11 is 2.19. The highest BCUT2D eigenvalue weighted by molar-refractivity contribution is 7.99. The third-order valence-corrected chi connectivity index (χ3v) is 6.56. The summed E-state index contributed by atoms with van der Waals surface area (Å²) in [6.45, 7) is 0. The number of thioether (sulfide) groups is 1. The van der Waals surface area contributed by atoms with E-state index in [0.29, 0.717) is 10.6 Å². The first kappa shape index (κ1) is 22.3. The number of carbonyl (C=O) groups is 2. The normalized spacial score (nSPS) is 10.7. The van der Waals surface area contributed by atoms with Gasteiger partial charge >= 0.3 is 0 Å². The standard InChI is InChI=1S/C23H18N4O4S2/c24-19(29)15-11-16(13-7-3-1-4-8-13)33-22(15)25-17(28)12-32-23-26-20(30)18(21(31)27-23)14-9-5-2-6-10-14/h1-11H,12H2,(H2,24,29)(H,25,28)(H2,26,27,30,31). The van der Waals surface area contributed by atoms with Crippen molar-refractivity contribution in [3.8, 4) is 27.4 Å². The maximum absolute atomic E-state index is 12.5. The van der Waals surface area contributed by atoms with E-state index in [1.54, 1.807) is 36.4 Å². The third-order valence-electron chi connectivity index (χ3n) is 4.59. The van der Waals surface area contributed by atoms with E-state index >= 15 is 0 Å². The van der Waals surface area contributed by atoms with E-state index in [1.807, 2.05) is 30.3 Å². The van der Waals surface area contributed by atoms with Crippen LogP contribution in [0.2, 0.25) is 0 Å². The number of anilines is 1. The second kappa shape index (κ2) is 9.72. The SMILES string of the molecule is NC(=O)c1cc(-c2ccccc2)sc1NC(=O)CSc1nc(O)c(-c2ccccc2)c(=O)[nH]1. The summed E-state index contributed by atoms with van der Waals surface area (Å²) in [5.74, 6) is -1.60. The molecule has 0 aliphatic carbocycles. The van der Waals surface area contributed by atoms with Crippen molar-refractivity contribution in [2.24, 2.45) is 5.73 Å². The van der Waals surface area contributed by atoms with E-state index in [0.717, 1.165) is 22.2 Å². The van der Waals surface area contributed by atoms with Crippen molar-refractivity contribution in [2.45, 2.75) is 5.16 Å². The molecule has 0 spiro atoms. The Hall–Kier alpha value is -3.89. The van der Waals surface area contributed by atoms with E-state index < -0.39 is 23.3 Å². The molecule has 33 heavy (non-hydrogen) atoms. The number of H-pyrrole nitrogens is 1. The molecule has 0 saturated carbocycles. The van der Waals surface area contributed by atoms with Crippen LogP contribution in [0, 0.1) is 0 Å². The lowest BCUT2D eigenvalue weighted by molar-refractivity contribution is -0.113. The number of aromatic amines is 1. The van der Waals surface area contributed by atoms with Gasteiger partial charge in [0.05, 0.1) is 11.3 Å². The number of carbonyl (C=O) groups excluding carboxylic acids is 2. The molecule has 0 unspecified atom stereocenters. The van der Waals surface area contributed by atoms with E-state index in [2.05, 4.69) is 15.3 Å².